The first kappa shape index (κ1) is 18.8. The van der Waals surface area contributed by atoms with E-state index in [9.17, 15) is 5.11 Å². The fourth-order valence-corrected chi connectivity index (χ4v) is 3.98. The molecule has 0 bridgehead atoms. The number of rotatable bonds is 6. The van der Waals surface area contributed by atoms with E-state index >= 15 is 0 Å². The standard InChI is InChI=1S/C21H32O4/c1-16-8-11-21(24-19(16)10-13-22)12-9-17(2)20(25-21)15-23-14-18-6-4-3-5-7-18/h3-7,16-17,19-20,22H,8-15H2,1-2H3/t16-,17+,19+,20+,21-/m0/s1. The minimum absolute atomic E-state index is 0.0700. The van der Waals surface area contributed by atoms with Crippen LogP contribution < -0.4 is 0 Å². The van der Waals surface area contributed by atoms with Gasteiger partial charge < -0.3 is 19.3 Å². The Morgan fingerprint density at radius 1 is 1.04 bits per heavy atom. The molecule has 2 aliphatic heterocycles. The molecule has 0 amide bonds. The van der Waals surface area contributed by atoms with E-state index in [0.29, 0.717) is 31.5 Å². The summed E-state index contributed by atoms with van der Waals surface area (Å²) in [5.41, 5.74) is 1.19. The molecule has 1 N–H and O–H groups in total. The highest BCUT2D eigenvalue weighted by Crippen LogP contribution is 2.43. The molecule has 1 spiro atoms. The molecule has 0 aliphatic carbocycles. The summed E-state index contributed by atoms with van der Waals surface area (Å²) < 4.78 is 18.8. The van der Waals surface area contributed by atoms with Gasteiger partial charge in [-0.05, 0) is 36.7 Å². The third-order valence-corrected chi connectivity index (χ3v) is 5.77. The normalized spacial score (nSPS) is 35.8. The van der Waals surface area contributed by atoms with Gasteiger partial charge in [0.25, 0.3) is 0 Å². The third-order valence-electron chi connectivity index (χ3n) is 5.77. The van der Waals surface area contributed by atoms with Crippen molar-refractivity contribution in [2.24, 2.45) is 11.8 Å². The molecule has 0 saturated carbocycles. The van der Waals surface area contributed by atoms with Crippen LogP contribution in [0.4, 0.5) is 0 Å². The zero-order valence-electron chi connectivity index (χ0n) is 15.5. The van der Waals surface area contributed by atoms with Crippen molar-refractivity contribution in [2.45, 2.75) is 70.6 Å². The zero-order chi connectivity index (χ0) is 17.7. The summed E-state index contributed by atoms with van der Waals surface area (Å²) in [5, 5.41) is 9.30. The van der Waals surface area contributed by atoms with E-state index in [1.807, 2.05) is 18.2 Å². The second-order valence-corrected chi connectivity index (χ2v) is 7.77. The van der Waals surface area contributed by atoms with Crippen LogP contribution in [0.15, 0.2) is 30.3 Å². The fourth-order valence-electron chi connectivity index (χ4n) is 3.98. The second kappa shape index (κ2) is 8.63. The molecule has 0 radical (unpaired) electrons. The van der Waals surface area contributed by atoms with Crippen LogP contribution in [0, 0.1) is 11.8 Å². The van der Waals surface area contributed by atoms with Gasteiger partial charge >= 0.3 is 0 Å². The lowest BCUT2D eigenvalue weighted by molar-refractivity contribution is -0.336. The molecule has 2 heterocycles. The first-order valence-electron chi connectivity index (χ1n) is 9.70. The number of aliphatic hydroxyl groups is 1. The van der Waals surface area contributed by atoms with E-state index in [2.05, 4.69) is 26.0 Å². The van der Waals surface area contributed by atoms with Crippen molar-refractivity contribution in [3.63, 3.8) is 0 Å². The minimum atomic E-state index is -0.473. The van der Waals surface area contributed by atoms with Crippen LogP contribution in [0.3, 0.4) is 0 Å². The maximum Gasteiger partial charge on any atom is 0.169 e. The number of aliphatic hydroxyl groups excluding tert-OH is 1. The van der Waals surface area contributed by atoms with Crippen LogP contribution in [-0.2, 0) is 20.8 Å². The molecule has 1 aromatic carbocycles. The molecular formula is C21H32O4. The van der Waals surface area contributed by atoms with E-state index in [-0.39, 0.29) is 18.8 Å². The highest BCUT2D eigenvalue weighted by molar-refractivity contribution is 5.13. The fraction of sp³-hybridized carbons (Fsp3) is 0.714. The van der Waals surface area contributed by atoms with Crippen molar-refractivity contribution in [3.05, 3.63) is 35.9 Å². The molecule has 2 saturated heterocycles. The van der Waals surface area contributed by atoms with Crippen LogP contribution >= 0.6 is 0 Å². The van der Waals surface area contributed by atoms with Gasteiger partial charge in [-0.2, -0.15) is 0 Å². The van der Waals surface area contributed by atoms with Gasteiger partial charge in [0, 0.05) is 19.4 Å². The third kappa shape index (κ3) is 4.82. The van der Waals surface area contributed by atoms with Crippen molar-refractivity contribution >= 4 is 0 Å². The Morgan fingerprint density at radius 2 is 1.68 bits per heavy atom. The number of hydrogen-bond donors (Lipinski definition) is 1. The van der Waals surface area contributed by atoms with Crippen LogP contribution in [0.1, 0.15) is 51.5 Å². The first-order valence-corrected chi connectivity index (χ1v) is 9.70. The Labute approximate surface area is 151 Å². The van der Waals surface area contributed by atoms with Gasteiger partial charge in [-0.25, -0.2) is 0 Å². The van der Waals surface area contributed by atoms with Gasteiger partial charge in [0.05, 0.1) is 25.4 Å². The lowest BCUT2D eigenvalue weighted by Gasteiger charge is -2.49. The maximum absolute atomic E-state index is 9.30. The number of hydrogen-bond acceptors (Lipinski definition) is 4. The quantitative estimate of drug-likeness (QED) is 0.847. The molecule has 0 unspecified atom stereocenters. The average Bonchev–Trinajstić information content (AvgIpc) is 2.63. The topological polar surface area (TPSA) is 47.9 Å². The summed E-state index contributed by atoms with van der Waals surface area (Å²) in [6.45, 7) is 5.83. The first-order chi connectivity index (χ1) is 12.1. The summed E-state index contributed by atoms with van der Waals surface area (Å²) in [5.74, 6) is 0.480. The van der Waals surface area contributed by atoms with Crippen LogP contribution in [0.25, 0.3) is 0 Å². The van der Waals surface area contributed by atoms with Crippen molar-refractivity contribution < 1.29 is 19.3 Å². The maximum atomic E-state index is 9.30. The van der Waals surface area contributed by atoms with Gasteiger partial charge in [-0.15, -0.1) is 0 Å². The van der Waals surface area contributed by atoms with E-state index in [4.69, 9.17) is 14.2 Å². The van der Waals surface area contributed by atoms with Gasteiger partial charge in [-0.1, -0.05) is 44.2 Å². The Morgan fingerprint density at radius 3 is 2.36 bits per heavy atom. The van der Waals surface area contributed by atoms with Gasteiger partial charge in [-0.3, -0.25) is 0 Å². The van der Waals surface area contributed by atoms with Crippen LogP contribution in [-0.4, -0.2) is 36.3 Å². The van der Waals surface area contributed by atoms with Crippen molar-refractivity contribution in [1.82, 2.24) is 0 Å². The smallest absolute Gasteiger partial charge is 0.169 e. The van der Waals surface area contributed by atoms with Crippen LogP contribution in [0.5, 0.6) is 0 Å². The summed E-state index contributed by atoms with van der Waals surface area (Å²) in [6, 6.07) is 10.2. The van der Waals surface area contributed by atoms with E-state index in [1.54, 1.807) is 0 Å². The molecule has 4 nitrogen and oxygen atoms in total. The van der Waals surface area contributed by atoms with Gasteiger partial charge in [0.15, 0.2) is 5.79 Å². The number of ether oxygens (including phenoxy) is 3. The highest BCUT2D eigenvalue weighted by atomic mass is 16.7. The summed E-state index contributed by atoms with van der Waals surface area (Å²) >= 11 is 0. The Bertz CT molecular complexity index is 516. The average molecular weight is 348 g/mol. The molecule has 140 valence electrons. The largest absolute Gasteiger partial charge is 0.396 e. The molecule has 2 aliphatic rings. The Balaban J connectivity index is 1.55. The SMILES string of the molecule is C[C@@H]1CC[C@]2(CC[C@H](C)[C@@H](CCO)O2)O[C@@H]1COCc1ccccc1. The summed E-state index contributed by atoms with van der Waals surface area (Å²) in [6.07, 6.45) is 4.93. The van der Waals surface area contributed by atoms with Crippen LogP contribution in [0.2, 0.25) is 0 Å². The second-order valence-electron chi connectivity index (χ2n) is 7.77. The van der Waals surface area contributed by atoms with Crippen molar-refractivity contribution in [2.75, 3.05) is 13.2 Å². The summed E-state index contributed by atoms with van der Waals surface area (Å²) in [7, 11) is 0. The molecule has 3 rings (SSSR count). The molecule has 4 heteroatoms. The number of benzene rings is 1. The monoisotopic (exact) mass is 348 g/mol. The minimum Gasteiger partial charge on any atom is -0.396 e. The predicted molar refractivity (Wildman–Crippen MR) is 97.1 cm³/mol. The molecule has 5 atom stereocenters. The van der Waals surface area contributed by atoms with Gasteiger partial charge in [0.1, 0.15) is 0 Å². The van der Waals surface area contributed by atoms with E-state index in [1.165, 1.54) is 5.56 Å². The predicted octanol–water partition coefficient (Wildman–Crippen LogP) is 3.91. The summed E-state index contributed by atoms with van der Waals surface area (Å²) in [4.78, 5) is 0. The molecule has 0 aromatic heterocycles. The molecule has 25 heavy (non-hydrogen) atoms. The molecule has 1 aromatic rings. The molecule has 2 fully saturated rings. The van der Waals surface area contributed by atoms with Crippen molar-refractivity contribution in [1.29, 1.82) is 0 Å². The van der Waals surface area contributed by atoms with Crippen molar-refractivity contribution in [3.8, 4) is 0 Å². The lowest BCUT2D eigenvalue weighted by Crippen LogP contribution is -2.53. The highest BCUT2D eigenvalue weighted by Gasteiger charge is 2.46. The van der Waals surface area contributed by atoms with Gasteiger partial charge in [0.2, 0.25) is 0 Å². The Kier molecular flexibility index (Phi) is 6.50. The van der Waals surface area contributed by atoms with E-state index < -0.39 is 5.79 Å². The zero-order valence-corrected chi connectivity index (χ0v) is 15.5. The van der Waals surface area contributed by atoms with E-state index in [0.717, 1.165) is 25.7 Å². The Hall–Kier alpha value is -0.940. The molecular weight excluding hydrogens is 316 g/mol. The lowest BCUT2D eigenvalue weighted by atomic mass is 9.84.